The fourth-order valence-corrected chi connectivity index (χ4v) is 0.567. The molecule has 60 valence electrons. The third-order valence-electron chi connectivity index (χ3n) is 1.17. The van der Waals surface area contributed by atoms with Crippen LogP contribution in [0.1, 0.15) is 20.6 Å². The van der Waals surface area contributed by atoms with Crippen molar-refractivity contribution < 1.29 is 11.3 Å². The maximum atomic E-state index is 10.3. The molecule has 0 aromatic heterocycles. The van der Waals surface area contributed by atoms with E-state index in [1.54, 1.807) is 0 Å². The SMILES string of the molecule is [2H]C(N)(CCCCN)C(=O)O. The number of unbranched alkanes of at least 4 members (excludes halogenated alkanes) is 1. The van der Waals surface area contributed by atoms with E-state index in [4.69, 9.17) is 17.9 Å². The Morgan fingerprint density at radius 3 is 2.70 bits per heavy atom. The van der Waals surface area contributed by atoms with E-state index in [0.29, 0.717) is 19.4 Å². The highest BCUT2D eigenvalue weighted by molar-refractivity contribution is 5.72. The van der Waals surface area contributed by atoms with Gasteiger partial charge in [-0.25, -0.2) is 0 Å². The molecule has 0 heterocycles. The van der Waals surface area contributed by atoms with Crippen LogP contribution in [0.25, 0.3) is 0 Å². The largest absolute Gasteiger partial charge is 0.480 e. The highest BCUT2D eigenvalue weighted by Gasteiger charge is 2.09. The molecule has 0 saturated heterocycles. The van der Waals surface area contributed by atoms with Crippen molar-refractivity contribution in [3.63, 3.8) is 0 Å². The molecule has 0 amide bonds. The number of hydrogen-bond donors (Lipinski definition) is 3. The van der Waals surface area contributed by atoms with E-state index in [2.05, 4.69) is 0 Å². The summed E-state index contributed by atoms with van der Waals surface area (Å²) in [5.41, 5.74) is 10.3. The van der Waals surface area contributed by atoms with Crippen LogP contribution in [-0.4, -0.2) is 23.6 Å². The van der Waals surface area contributed by atoms with Crippen LogP contribution in [-0.2, 0) is 4.79 Å². The summed E-state index contributed by atoms with van der Waals surface area (Å²) in [5.74, 6) is -1.28. The Morgan fingerprint density at radius 1 is 1.70 bits per heavy atom. The second-order valence-electron chi connectivity index (χ2n) is 2.08. The maximum absolute atomic E-state index is 10.3. The van der Waals surface area contributed by atoms with Crippen LogP contribution >= 0.6 is 0 Å². The van der Waals surface area contributed by atoms with Gasteiger partial charge in [0.05, 0.1) is 1.37 Å². The van der Waals surface area contributed by atoms with Gasteiger partial charge in [0.15, 0.2) is 0 Å². The van der Waals surface area contributed by atoms with Crippen LogP contribution in [0.2, 0.25) is 0 Å². The molecule has 4 heteroatoms. The molecule has 5 N–H and O–H groups in total. The summed E-state index contributed by atoms with van der Waals surface area (Å²) in [5, 5.41) is 8.40. The minimum Gasteiger partial charge on any atom is -0.480 e. The lowest BCUT2D eigenvalue weighted by molar-refractivity contribution is -0.138. The van der Waals surface area contributed by atoms with Gasteiger partial charge in [0.2, 0.25) is 0 Å². The summed E-state index contributed by atoms with van der Waals surface area (Å²) in [7, 11) is 0. The molecule has 0 fully saturated rings. The van der Waals surface area contributed by atoms with Crippen molar-refractivity contribution in [2.45, 2.75) is 25.3 Å². The van der Waals surface area contributed by atoms with E-state index in [9.17, 15) is 4.79 Å². The normalized spacial score (nSPS) is 17.6. The first-order valence-electron chi connectivity index (χ1n) is 3.73. The highest BCUT2D eigenvalue weighted by atomic mass is 16.4. The Hall–Kier alpha value is -0.610. The van der Waals surface area contributed by atoms with Crippen molar-refractivity contribution >= 4 is 5.97 Å². The van der Waals surface area contributed by atoms with Gasteiger partial charge in [0.25, 0.3) is 0 Å². The van der Waals surface area contributed by atoms with E-state index >= 15 is 0 Å². The van der Waals surface area contributed by atoms with Crippen LogP contribution in [0, 0.1) is 0 Å². The number of nitrogens with two attached hydrogens (primary N) is 2. The van der Waals surface area contributed by atoms with Crippen molar-refractivity contribution in [3.05, 3.63) is 0 Å². The molecule has 0 bridgehead atoms. The van der Waals surface area contributed by atoms with E-state index < -0.39 is 12.0 Å². The third kappa shape index (κ3) is 4.29. The minimum atomic E-state index is -1.84. The van der Waals surface area contributed by atoms with Crippen LogP contribution in [0.3, 0.4) is 0 Å². The summed E-state index contributed by atoms with van der Waals surface area (Å²) >= 11 is 0. The van der Waals surface area contributed by atoms with Gasteiger partial charge in [-0.1, -0.05) is 6.42 Å². The first-order valence-corrected chi connectivity index (χ1v) is 3.23. The number of rotatable bonds is 5. The fraction of sp³-hybridized carbons (Fsp3) is 0.833. The van der Waals surface area contributed by atoms with Crippen molar-refractivity contribution in [3.8, 4) is 0 Å². The average molecular weight is 147 g/mol. The van der Waals surface area contributed by atoms with E-state index in [1.807, 2.05) is 0 Å². The monoisotopic (exact) mass is 147 g/mol. The fourth-order valence-electron chi connectivity index (χ4n) is 0.567. The molecule has 10 heavy (non-hydrogen) atoms. The molecule has 0 aliphatic carbocycles. The van der Waals surface area contributed by atoms with Gasteiger partial charge in [-0.3, -0.25) is 4.79 Å². The van der Waals surface area contributed by atoms with Gasteiger partial charge < -0.3 is 16.6 Å². The number of carboxylic acid groups (broad SMARTS) is 1. The predicted octanol–water partition coefficient (Wildman–Crippen LogP) is -0.473. The van der Waals surface area contributed by atoms with Gasteiger partial charge in [-0.05, 0) is 19.4 Å². The Bertz CT molecular complexity index is 139. The van der Waals surface area contributed by atoms with Crippen molar-refractivity contribution in [1.29, 1.82) is 0 Å². The smallest absolute Gasteiger partial charge is 0.320 e. The summed E-state index contributed by atoms with van der Waals surface area (Å²) in [6.45, 7) is 0.510. The van der Waals surface area contributed by atoms with Crippen molar-refractivity contribution in [1.82, 2.24) is 0 Å². The maximum Gasteiger partial charge on any atom is 0.320 e. The number of carboxylic acids is 1. The molecule has 0 aliphatic heterocycles. The number of aliphatic carboxylic acids is 1. The lowest BCUT2D eigenvalue weighted by atomic mass is 10.1. The third-order valence-corrected chi connectivity index (χ3v) is 1.17. The van der Waals surface area contributed by atoms with Crippen molar-refractivity contribution in [2.75, 3.05) is 6.54 Å². The topological polar surface area (TPSA) is 89.3 Å². The molecule has 4 nitrogen and oxygen atoms in total. The lowest BCUT2D eigenvalue weighted by Crippen LogP contribution is -2.29. The van der Waals surface area contributed by atoms with Crippen LogP contribution in [0.15, 0.2) is 0 Å². The number of hydrogen-bond acceptors (Lipinski definition) is 3. The molecule has 0 radical (unpaired) electrons. The highest BCUT2D eigenvalue weighted by Crippen LogP contribution is 1.96. The Labute approximate surface area is 61.6 Å². The molecule has 0 saturated carbocycles. The van der Waals surface area contributed by atoms with Gasteiger partial charge in [0, 0.05) is 0 Å². The molecule has 1 atom stereocenters. The summed E-state index contributed by atoms with van der Waals surface area (Å²) in [4.78, 5) is 10.3. The second-order valence-corrected chi connectivity index (χ2v) is 2.08. The molecule has 0 spiro atoms. The van der Waals surface area contributed by atoms with Gasteiger partial charge >= 0.3 is 5.97 Å². The Balaban J connectivity index is 3.64. The Kier molecular flexibility index (Phi) is 3.90. The van der Waals surface area contributed by atoms with Crippen LogP contribution in [0.5, 0.6) is 0 Å². The quantitative estimate of drug-likeness (QED) is 0.458. The van der Waals surface area contributed by atoms with Crippen molar-refractivity contribution in [2.24, 2.45) is 11.5 Å². The molecular formula is C6H14N2O2. The second kappa shape index (κ2) is 5.20. The zero-order chi connectivity index (χ0) is 8.91. The van der Waals surface area contributed by atoms with Crippen LogP contribution in [0.4, 0.5) is 0 Å². The predicted molar refractivity (Wildman–Crippen MR) is 38.5 cm³/mol. The van der Waals surface area contributed by atoms with Crippen LogP contribution < -0.4 is 11.5 Å². The first-order chi connectivity index (χ1) is 5.00. The molecule has 1 unspecified atom stereocenters. The zero-order valence-corrected chi connectivity index (χ0v) is 5.84. The molecule has 0 aliphatic rings. The van der Waals surface area contributed by atoms with Gasteiger partial charge in [0.1, 0.15) is 6.02 Å². The van der Waals surface area contributed by atoms with E-state index in [-0.39, 0.29) is 6.42 Å². The Morgan fingerprint density at radius 2 is 2.30 bits per heavy atom. The summed E-state index contributed by atoms with van der Waals surface area (Å²) in [6, 6.07) is -1.84. The lowest BCUT2D eigenvalue weighted by Gasteiger charge is -2.03. The molecule has 0 rings (SSSR count). The van der Waals surface area contributed by atoms with E-state index in [1.165, 1.54) is 0 Å². The molecule has 0 aromatic rings. The van der Waals surface area contributed by atoms with Gasteiger partial charge in [-0.2, -0.15) is 0 Å². The summed E-state index contributed by atoms with van der Waals surface area (Å²) < 4.78 is 7.10. The zero-order valence-electron chi connectivity index (χ0n) is 6.84. The molecule has 0 aromatic carbocycles. The molecular weight excluding hydrogens is 132 g/mol. The minimum absolute atomic E-state index is 0.152. The first kappa shape index (κ1) is 7.50. The number of carbonyl (C=O) groups is 1. The van der Waals surface area contributed by atoms with E-state index in [0.717, 1.165) is 0 Å². The average Bonchev–Trinajstić information content (AvgIpc) is 1.88. The van der Waals surface area contributed by atoms with Gasteiger partial charge in [-0.15, -0.1) is 0 Å². The summed E-state index contributed by atoms with van der Waals surface area (Å²) in [6.07, 6.45) is 1.45. The standard InChI is InChI=1S/C6H14N2O2/c7-4-2-1-3-5(8)6(9)10/h5H,1-4,7-8H2,(H,9,10)/i5D.